The molecule has 1 N–H and O–H groups in total. The summed E-state index contributed by atoms with van der Waals surface area (Å²) in [6, 6.07) is 11.1. The van der Waals surface area contributed by atoms with Gasteiger partial charge in [0.2, 0.25) is 0 Å². The Hall–Kier alpha value is -1.61. The quantitative estimate of drug-likeness (QED) is 0.770. The van der Waals surface area contributed by atoms with Gasteiger partial charge in [0.15, 0.2) is 0 Å². The third kappa shape index (κ3) is 1.80. The van der Waals surface area contributed by atoms with Crippen LogP contribution in [0.1, 0.15) is 29.5 Å². The topological polar surface area (TPSA) is 24.9 Å². The van der Waals surface area contributed by atoms with Gasteiger partial charge in [0, 0.05) is 22.8 Å². The van der Waals surface area contributed by atoms with Crippen molar-refractivity contribution in [2.24, 2.45) is 5.92 Å². The molecule has 1 aromatic heterocycles. The van der Waals surface area contributed by atoms with Gasteiger partial charge in [-0.2, -0.15) is 0 Å². The largest absolute Gasteiger partial charge is 0.377 e. The molecule has 3 atom stereocenters. The van der Waals surface area contributed by atoms with E-state index in [9.17, 15) is 0 Å². The summed E-state index contributed by atoms with van der Waals surface area (Å²) in [4.78, 5) is 4.13. The van der Waals surface area contributed by atoms with E-state index in [1.54, 1.807) is 0 Å². The average Bonchev–Trinajstić information content (AvgIpc) is 2.97. The number of anilines is 1. The molecule has 2 nitrogen and oxygen atoms in total. The van der Waals surface area contributed by atoms with E-state index in [0.717, 1.165) is 10.9 Å². The Balaban J connectivity index is 1.83. The number of fused-ring (bicyclic) bond motifs is 3. The molecule has 1 aliphatic carbocycles. The molecule has 0 spiro atoms. The van der Waals surface area contributed by atoms with Crippen LogP contribution in [0.2, 0.25) is 0 Å². The van der Waals surface area contributed by atoms with E-state index in [1.807, 2.05) is 12.4 Å². The van der Waals surface area contributed by atoms with E-state index in [-0.39, 0.29) is 0 Å². The highest BCUT2D eigenvalue weighted by Gasteiger charge is 2.38. The number of hydrogen-bond donors (Lipinski definition) is 1. The maximum absolute atomic E-state index is 4.13. The molecule has 0 radical (unpaired) electrons. The summed E-state index contributed by atoms with van der Waals surface area (Å²) in [7, 11) is 0. The number of para-hydroxylation sites is 1. The van der Waals surface area contributed by atoms with Crippen molar-refractivity contribution >= 4 is 21.6 Å². The Morgan fingerprint density at radius 2 is 2.00 bits per heavy atom. The highest BCUT2D eigenvalue weighted by molar-refractivity contribution is 9.10. The highest BCUT2D eigenvalue weighted by Crippen LogP contribution is 2.51. The fourth-order valence-electron chi connectivity index (χ4n) is 3.48. The van der Waals surface area contributed by atoms with Crippen molar-refractivity contribution in [2.45, 2.75) is 18.4 Å². The van der Waals surface area contributed by atoms with Crippen molar-refractivity contribution in [3.8, 4) is 0 Å². The van der Waals surface area contributed by atoms with Crippen molar-refractivity contribution in [1.82, 2.24) is 4.98 Å². The minimum absolute atomic E-state index is 0.351. The van der Waals surface area contributed by atoms with E-state index in [0.29, 0.717) is 17.9 Å². The van der Waals surface area contributed by atoms with Crippen LogP contribution in [0.3, 0.4) is 0 Å². The number of nitrogens with zero attached hydrogens (tertiary/aromatic N) is 1. The first-order valence-corrected chi connectivity index (χ1v) is 7.75. The molecule has 100 valence electrons. The van der Waals surface area contributed by atoms with E-state index >= 15 is 0 Å². The minimum atomic E-state index is 0.351. The van der Waals surface area contributed by atoms with E-state index < -0.39 is 0 Å². The summed E-state index contributed by atoms with van der Waals surface area (Å²) in [5.41, 5.74) is 3.96. The number of benzene rings is 1. The second-order valence-corrected chi connectivity index (χ2v) is 6.31. The lowest BCUT2D eigenvalue weighted by atomic mass is 9.77. The van der Waals surface area contributed by atoms with Crippen molar-refractivity contribution in [1.29, 1.82) is 0 Å². The van der Waals surface area contributed by atoms with Gasteiger partial charge >= 0.3 is 0 Å². The Labute approximate surface area is 127 Å². The maximum Gasteiger partial charge on any atom is 0.0555 e. The number of rotatable bonds is 1. The molecule has 2 aromatic rings. The maximum atomic E-state index is 4.13. The predicted octanol–water partition coefficient (Wildman–Crippen LogP) is 4.67. The van der Waals surface area contributed by atoms with Gasteiger partial charge in [0.1, 0.15) is 0 Å². The summed E-state index contributed by atoms with van der Waals surface area (Å²) >= 11 is 3.68. The molecule has 2 unspecified atom stereocenters. The van der Waals surface area contributed by atoms with Crippen LogP contribution in [-0.4, -0.2) is 4.98 Å². The third-order valence-corrected chi connectivity index (χ3v) is 5.07. The molecule has 2 aliphatic rings. The van der Waals surface area contributed by atoms with E-state index in [2.05, 4.69) is 68.7 Å². The number of allylic oxidation sites excluding steroid dienone is 2. The first kappa shape index (κ1) is 12.2. The molecule has 0 bridgehead atoms. The van der Waals surface area contributed by atoms with Crippen LogP contribution >= 0.6 is 15.9 Å². The molecule has 0 fully saturated rings. The Kier molecular flexibility index (Phi) is 2.88. The molecular weight excluding hydrogens is 312 g/mol. The zero-order valence-corrected chi connectivity index (χ0v) is 12.5. The van der Waals surface area contributed by atoms with Crippen molar-refractivity contribution in [2.75, 3.05) is 5.32 Å². The Bertz CT molecular complexity index is 666. The number of nitrogens with one attached hydrogen (secondary N) is 1. The van der Waals surface area contributed by atoms with Crippen molar-refractivity contribution in [3.63, 3.8) is 0 Å². The lowest BCUT2D eigenvalue weighted by molar-refractivity contribution is 0.425. The lowest BCUT2D eigenvalue weighted by Gasteiger charge is -2.38. The smallest absolute Gasteiger partial charge is 0.0555 e. The highest BCUT2D eigenvalue weighted by atomic mass is 79.9. The third-order valence-electron chi connectivity index (χ3n) is 4.41. The summed E-state index contributed by atoms with van der Waals surface area (Å²) in [5.74, 6) is 1.11. The number of pyridine rings is 1. The predicted molar refractivity (Wildman–Crippen MR) is 84.7 cm³/mol. The summed E-state index contributed by atoms with van der Waals surface area (Å²) in [6.45, 7) is 0. The van der Waals surface area contributed by atoms with Crippen LogP contribution in [0.15, 0.2) is 59.4 Å². The van der Waals surface area contributed by atoms with Gasteiger partial charge in [-0.05, 0) is 57.6 Å². The van der Waals surface area contributed by atoms with Gasteiger partial charge in [-0.25, -0.2) is 0 Å². The summed E-state index contributed by atoms with van der Waals surface area (Å²) in [5, 5.41) is 3.74. The molecule has 0 amide bonds. The van der Waals surface area contributed by atoms with Gasteiger partial charge in [0.25, 0.3) is 0 Å². The second kappa shape index (κ2) is 4.74. The van der Waals surface area contributed by atoms with Crippen LogP contribution in [-0.2, 0) is 0 Å². The van der Waals surface area contributed by atoms with E-state index in [4.69, 9.17) is 0 Å². The second-order valence-electron chi connectivity index (χ2n) is 5.46. The standard InChI is InChI=1S/C17H15BrN2/c18-15-6-2-5-14-12-3-1-4-13(12)16(20-17(14)15)11-7-9-19-10-8-11/h1-3,5-10,12-13,16,20H,4H2/t12?,13?,16-/m1/s1. The SMILES string of the molecule is Brc1cccc2c1N[C@H](c1ccncc1)C1CC=CC21. The number of aromatic nitrogens is 1. The van der Waals surface area contributed by atoms with Crippen LogP contribution < -0.4 is 5.32 Å². The average molecular weight is 327 g/mol. The summed E-state index contributed by atoms with van der Waals surface area (Å²) < 4.78 is 1.15. The minimum Gasteiger partial charge on any atom is -0.377 e. The molecule has 1 aliphatic heterocycles. The normalized spacial score (nSPS) is 26.8. The van der Waals surface area contributed by atoms with Crippen molar-refractivity contribution < 1.29 is 0 Å². The van der Waals surface area contributed by atoms with Gasteiger partial charge in [-0.15, -0.1) is 0 Å². The van der Waals surface area contributed by atoms with Gasteiger partial charge in [-0.1, -0.05) is 24.3 Å². The number of halogens is 1. The van der Waals surface area contributed by atoms with E-state index in [1.165, 1.54) is 16.8 Å². The molecule has 20 heavy (non-hydrogen) atoms. The molecule has 0 saturated heterocycles. The fourth-order valence-corrected chi connectivity index (χ4v) is 3.98. The van der Waals surface area contributed by atoms with Crippen LogP contribution in [0.25, 0.3) is 0 Å². The van der Waals surface area contributed by atoms with Gasteiger partial charge in [0.05, 0.1) is 11.7 Å². The summed E-state index contributed by atoms with van der Waals surface area (Å²) in [6.07, 6.45) is 9.58. The molecule has 4 rings (SSSR count). The molecule has 1 aromatic carbocycles. The zero-order valence-electron chi connectivity index (χ0n) is 11.0. The Morgan fingerprint density at radius 3 is 2.85 bits per heavy atom. The molecule has 0 saturated carbocycles. The molecular formula is C17H15BrN2. The zero-order chi connectivity index (χ0) is 13.5. The van der Waals surface area contributed by atoms with Crippen LogP contribution in [0.4, 0.5) is 5.69 Å². The van der Waals surface area contributed by atoms with Crippen LogP contribution in [0.5, 0.6) is 0 Å². The van der Waals surface area contributed by atoms with Crippen molar-refractivity contribution in [3.05, 3.63) is 70.5 Å². The monoisotopic (exact) mass is 326 g/mol. The van der Waals surface area contributed by atoms with Gasteiger partial charge < -0.3 is 5.32 Å². The molecule has 2 heterocycles. The lowest BCUT2D eigenvalue weighted by Crippen LogP contribution is -2.29. The first-order chi connectivity index (χ1) is 9.84. The van der Waals surface area contributed by atoms with Crippen LogP contribution in [0, 0.1) is 5.92 Å². The Morgan fingerprint density at radius 1 is 1.15 bits per heavy atom. The van der Waals surface area contributed by atoms with Gasteiger partial charge in [-0.3, -0.25) is 4.98 Å². The number of hydrogen-bond acceptors (Lipinski definition) is 2. The first-order valence-electron chi connectivity index (χ1n) is 6.96. The fraction of sp³-hybridized carbons (Fsp3) is 0.235. The molecule has 3 heteroatoms.